The predicted molar refractivity (Wildman–Crippen MR) is 65.1 cm³/mol. The molecule has 0 spiro atoms. The molecule has 0 saturated carbocycles. The molecule has 0 fully saturated rings. The Hall–Kier alpha value is -1.30. The first kappa shape index (κ1) is 12.8. The Balaban J connectivity index is 3.51. The van der Waals surface area contributed by atoms with Crippen LogP contribution in [0.4, 0.5) is 0 Å². The Bertz CT molecular complexity index is 528. The summed E-state index contributed by atoms with van der Waals surface area (Å²) < 4.78 is 1.69. The van der Waals surface area contributed by atoms with E-state index in [1.807, 2.05) is 0 Å². The Kier molecular flexibility index (Phi) is 3.74. The van der Waals surface area contributed by atoms with E-state index in [0.717, 1.165) is 4.57 Å². The molecule has 0 saturated heterocycles. The van der Waals surface area contributed by atoms with E-state index in [9.17, 15) is 14.7 Å². The zero-order chi connectivity index (χ0) is 12.5. The molecule has 0 aliphatic heterocycles. The van der Waals surface area contributed by atoms with Gasteiger partial charge in [-0.1, -0.05) is 22.5 Å². The van der Waals surface area contributed by atoms with Gasteiger partial charge >= 0.3 is 5.69 Å². The highest BCUT2D eigenvalue weighted by Crippen LogP contribution is 2.19. The van der Waals surface area contributed by atoms with Crippen molar-refractivity contribution in [3.8, 4) is 5.88 Å². The lowest BCUT2D eigenvalue weighted by Gasteiger charge is -2.13. The molecule has 0 bridgehead atoms. The topological polar surface area (TPSA) is 75.1 Å². The molecule has 0 aromatic carbocycles. The van der Waals surface area contributed by atoms with Gasteiger partial charge in [-0.05, 0) is 18.3 Å². The molecule has 0 amide bonds. The predicted octanol–water partition coefficient (Wildman–Crippen LogP) is 1.27. The minimum atomic E-state index is -0.610. The monoisotopic (exact) mass is 288 g/mol. The van der Waals surface area contributed by atoms with Crippen LogP contribution in [0.25, 0.3) is 0 Å². The lowest BCUT2D eigenvalue weighted by atomic mass is 10.2. The van der Waals surface area contributed by atoms with E-state index >= 15 is 0 Å². The highest BCUT2D eigenvalue weighted by Gasteiger charge is 2.15. The third-order valence-corrected chi connectivity index (χ3v) is 2.38. The van der Waals surface area contributed by atoms with E-state index in [-0.39, 0.29) is 23.9 Å². The number of hydrogen-bond acceptors (Lipinski definition) is 3. The van der Waals surface area contributed by atoms with Gasteiger partial charge in [0.15, 0.2) is 0 Å². The minimum Gasteiger partial charge on any atom is -0.494 e. The number of nitrogens with one attached hydrogen (secondary N) is 1. The van der Waals surface area contributed by atoms with Gasteiger partial charge in [0.1, 0.15) is 0 Å². The van der Waals surface area contributed by atoms with Gasteiger partial charge < -0.3 is 5.11 Å². The SMILES string of the molecule is C=C(Br)Cc1c(O)n(C(C)C)c(=O)[nH]c1=O. The van der Waals surface area contributed by atoms with Crippen LogP contribution >= 0.6 is 15.9 Å². The smallest absolute Gasteiger partial charge is 0.331 e. The van der Waals surface area contributed by atoms with Gasteiger partial charge in [0.05, 0.1) is 5.56 Å². The Morgan fingerprint density at radius 2 is 2.12 bits per heavy atom. The normalized spacial score (nSPS) is 10.8. The van der Waals surface area contributed by atoms with Crippen molar-refractivity contribution >= 4 is 15.9 Å². The fourth-order valence-corrected chi connectivity index (χ4v) is 1.69. The number of hydrogen-bond donors (Lipinski definition) is 2. The summed E-state index contributed by atoms with van der Waals surface area (Å²) >= 11 is 3.11. The molecule has 16 heavy (non-hydrogen) atoms. The molecule has 0 aliphatic carbocycles. The molecule has 1 aromatic rings. The first-order chi connectivity index (χ1) is 7.34. The van der Waals surface area contributed by atoms with Crippen LogP contribution in [-0.2, 0) is 6.42 Å². The van der Waals surface area contributed by atoms with Gasteiger partial charge in [-0.3, -0.25) is 14.3 Å². The first-order valence-corrected chi connectivity index (χ1v) is 5.53. The highest BCUT2D eigenvalue weighted by molar-refractivity contribution is 9.11. The molecule has 0 aliphatic rings. The zero-order valence-electron chi connectivity index (χ0n) is 9.08. The molecule has 1 aromatic heterocycles. The van der Waals surface area contributed by atoms with Crippen LogP contribution in [-0.4, -0.2) is 14.7 Å². The molecule has 6 heteroatoms. The summed E-state index contributed by atoms with van der Waals surface area (Å²) in [6, 6.07) is -0.230. The van der Waals surface area contributed by atoms with Gasteiger partial charge in [-0.15, -0.1) is 0 Å². The number of nitrogens with zero attached hydrogens (tertiary/aromatic N) is 1. The average molecular weight is 289 g/mol. The molecule has 0 unspecified atom stereocenters. The van der Waals surface area contributed by atoms with Gasteiger partial charge in [0, 0.05) is 12.5 Å². The van der Waals surface area contributed by atoms with Crippen molar-refractivity contribution in [1.29, 1.82) is 0 Å². The van der Waals surface area contributed by atoms with Crippen LogP contribution in [0.2, 0.25) is 0 Å². The number of rotatable bonds is 3. The van der Waals surface area contributed by atoms with Crippen molar-refractivity contribution in [3.05, 3.63) is 37.5 Å². The molecular weight excluding hydrogens is 276 g/mol. The molecule has 0 atom stereocenters. The minimum absolute atomic E-state index is 0.134. The zero-order valence-corrected chi connectivity index (χ0v) is 10.7. The van der Waals surface area contributed by atoms with Gasteiger partial charge in [-0.2, -0.15) is 0 Å². The number of halogens is 1. The van der Waals surface area contributed by atoms with Crippen LogP contribution in [0.3, 0.4) is 0 Å². The number of aromatic nitrogens is 2. The maximum Gasteiger partial charge on any atom is 0.331 e. The number of aromatic amines is 1. The Labute approximate surface area is 101 Å². The molecule has 0 radical (unpaired) electrons. The average Bonchev–Trinajstić information content (AvgIpc) is 2.10. The standard InChI is InChI=1S/C10H13BrN2O3/c1-5(2)13-9(15)7(4-6(3)11)8(14)12-10(13)16/h5,15H,3-4H2,1-2H3,(H,12,14,16). The summed E-state index contributed by atoms with van der Waals surface area (Å²) in [5.41, 5.74) is -1.06. The fourth-order valence-electron chi connectivity index (χ4n) is 1.41. The van der Waals surface area contributed by atoms with E-state index in [1.54, 1.807) is 13.8 Å². The van der Waals surface area contributed by atoms with Crippen molar-refractivity contribution in [2.45, 2.75) is 26.3 Å². The molecule has 5 nitrogen and oxygen atoms in total. The summed E-state index contributed by atoms with van der Waals surface area (Å²) in [7, 11) is 0. The van der Waals surface area contributed by atoms with Crippen molar-refractivity contribution < 1.29 is 5.11 Å². The summed E-state index contributed by atoms with van der Waals surface area (Å²) in [4.78, 5) is 25.1. The number of aromatic hydroxyl groups is 1. The second-order valence-electron chi connectivity index (χ2n) is 3.72. The van der Waals surface area contributed by atoms with E-state index < -0.39 is 11.2 Å². The number of allylic oxidation sites excluding steroid dienone is 1. The third-order valence-electron chi connectivity index (χ3n) is 2.10. The maximum absolute atomic E-state index is 11.5. The molecule has 1 rings (SSSR count). The Morgan fingerprint density at radius 1 is 1.56 bits per heavy atom. The van der Waals surface area contributed by atoms with E-state index in [1.165, 1.54) is 0 Å². The Morgan fingerprint density at radius 3 is 2.56 bits per heavy atom. The first-order valence-electron chi connectivity index (χ1n) is 4.74. The van der Waals surface area contributed by atoms with Gasteiger partial charge in [-0.25, -0.2) is 4.79 Å². The van der Waals surface area contributed by atoms with Gasteiger partial charge in [0.2, 0.25) is 5.88 Å². The van der Waals surface area contributed by atoms with Crippen molar-refractivity contribution in [1.82, 2.24) is 9.55 Å². The van der Waals surface area contributed by atoms with Crippen LogP contribution in [0, 0.1) is 0 Å². The molecule has 88 valence electrons. The summed E-state index contributed by atoms with van der Waals surface area (Å²) in [6.45, 7) is 7.08. The summed E-state index contributed by atoms with van der Waals surface area (Å²) in [5, 5.41) is 9.85. The molecule has 2 N–H and O–H groups in total. The lowest BCUT2D eigenvalue weighted by Crippen LogP contribution is -2.33. The van der Waals surface area contributed by atoms with E-state index in [4.69, 9.17) is 0 Å². The van der Waals surface area contributed by atoms with Crippen molar-refractivity contribution in [2.75, 3.05) is 0 Å². The van der Waals surface area contributed by atoms with E-state index in [2.05, 4.69) is 27.5 Å². The fraction of sp³-hybridized carbons (Fsp3) is 0.400. The van der Waals surface area contributed by atoms with Gasteiger partial charge in [0.25, 0.3) is 5.56 Å². The quantitative estimate of drug-likeness (QED) is 0.880. The highest BCUT2D eigenvalue weighted by atomic mass is 79.9. The second-order valence-corrected chi connectivity index (χ2v) is 4.84. The third kappa shape index (κ3) is 2.44. The van der Waals surface area contributed by atoms with Crippen LogP contribution in [0.5, 0.6) is 5.88 Å². The van der Waals surface area contributed by atoms with Crippen LogP contribution in [0.15, 0.2) is 20.7 Å². The van der Waals surface area contributed by atoms with Crippen LogP contribution < -0.4 is 11.2 Å². The summed E-state index contributed by atoms with van der Waals surface area (Å²) in [6.07, 6.45) is 0.175. The van der Waals surface area contributed by atoms with Crippen molar-refractivity contribution in [2.24, 2.45) is 0 Å². The van der Waals surface area contributed by atoms with Crippen molar-refractivity contribution in [3.63, 3.8) is 0 Å². The summed E-state index contributed by atoms with van der Waals surface area (Å²) in [5.74, 6) is -0.302. The lowest BCUT2D eigenvalue weighted by molar-refractivity contribution is 0.376. The molecular formula is C10H13BrN2O3. The largest absolute Gasteiger partial charge is 0.494 e. The number of H-pyrrole nitrogens is 1. The second kappa shape index (κ2) is 4.69. The maximum atomic E-state index is 11.5. The molecule has 1 heterocycles. The van der Waals surface area contributed by atoms with Crippen LogP contribution in [0.1, 0.15) is 25.5 Å². The van der Waals surface area contributed by atoms with E-state index in [0.29, 0.717) is 4.48 Å².